The second-order valence-corrected chi connectivity index (χ2v) is 7.73. The summed E-state index contributed by atoms with van der Waals surface area (Å²) in [6.07, 6.45) is 0.412. The highest BCUT2D eigenvalue weighted by atomic mass is 16.5. The molecule has 0 radical (unpaired) electrons. The Morgan fingerprint density at radius 3 is 2.16 bits per heavy atom. The van der Waals surface area contributed by atoms with Crippen molar-refractivity contribution in [3.8, 4) is 5.75 Å². The summed E-state index contributed by atoms with van der Waals surface area (Å²) in [5.41, 5.74) is 2.22. The largest absolute Gasteiger partial charge is 0.497 e. The fourth-order valence-corrected chi connectivity index (χ4v) is 3.72. The van der Waals surface area contributed by atoms with Gasteiger partial charge in [-0.2, -0.15) is 0 Å². The molecular formula is C24H31N3O4. The Balaban J connectivity index is 1.45. The summed E-state index contributed by atoms with van der Waals surface area (Å²) in [6.45, 7) is 4.56. The quantitative estimate of drug-likeness (QED) is 0.617. The molecule has 0 saturated carbocycles. The zero-order valence-corrected chi connectivity index (χ0v) is 18.3. The maximum absolute atomic E-state index is 12.6. The van der Waals surface area contributed by atoms with Crippen LogP contribution >= 0.6 is 0 Å². The number of carbonyl (C=O) groups is 2. The van der Waals surface area contributed by atoms with Gasteiger partial charge < -0.3 is 14.8 Å². The van der Waals surface area contributed by atoms with Crippen LogP contribution in [0.3, 0.4) is 0 Å². The predicted octanol–water partition coefficient (Wildman–Crippen LogP) is 1.71. The van der Waals surface area contributed by atoms with Crippen molar-refractivity contribution >= 4 is 11.9 Å². The molecule has 1 aliphatic heterocycles. The molecule has 1 N–H and O–H groups in total. The van der Waals surface area contributed by atoms with Crippen molar-refractivity contribution in [2.75, 3.05) is 46.9 Å². The normalized spacial score (nSPS) is 15.8. The number of nitrogens with one attached hydrogen (secondary N) is 1. The molecule has 31 heavy (non-hydrogen) atoms. The number of hydrogen-bond acceptors (Lipinski definition) is 6. The van der Waals surface area contributed by atoms with Gasteiger partial charge in [-0.05, 0) is 23.3 Å². The van der Waals surface area contributed by atoms with E-state index in [-0.39, 0.29) is 12.5 Å². The number of nitrogens with zero attached hydrogens (tertiary/aromatic N) is 2. The lowest BCUT2D eigenvalue weighted by Gasteiger charge is -2.34. The molecule has 1 fully saturated rings. The highest BCUT2D eigenvalue weighted by Crippen LogP contribution is 2.14. The van der Waals surface area contributed by atoms with E-state index in [9.17, 15) is 9.59 Å². The molecule has 2 aromatic rings. The maximum atomic E-state index is 12.6. The van der Waals surface area contributed by atoms with Gasteiger partial charge in [0.1, 0.15) is 11.8 Å². The van der Waals surface area contributed by atoms with Crippen LogP contribution in [0.25, 0.3) is 0 Å². The summed E-state index contributed by atoms with van der Waals surface area (Å²) in [5.74, 6) is 0.272. The third-order valence-corrected chi connectivity index (χ3v) is 5.50. The first kappa shape index (κ1) is 22.8. The summed E-state index contributed by atoms with van der Waals surface area (Å²) in [7, 11) is 3.01. The Morgan fingerprint density at radius 2 is 1.55 bits per heavy atom. The van der Waals surface area contributed by atoms with E-state index >= 15 is 0 Å². The molecular weight excluding hydrogens is 394 g/mol. The maximum Gasteiger partial charge on any atom is 0.328 e. The lowest BCUT2D eigenvalue weighted by Crippen LogP contribution is -2.51. The molecule has 3 rings (SSSR count). The molecule has 166 valence electrons. The van der Waals surface area contributed by atoms with Gasteiger partial charge in [-0.25, -0.2) is 4.79 Å². The molecule has 0 aromatic heterocycles. The lowest BCUT2D eigenvalue weighted by atomic mass is 10.1. The van der Waals surface area contributed by atoms with Crippen LogP contribution in [0, 0.1) is 0 Å². The topological polar surface area (TPSA) is 71.1 Å². The van der Waals surface area contributed by atoms with Crippen molar-refractivity contribution in [3.63, 3.8) is 0 Å². The molecule has 1 atom stereocenters. The number of piperazine rings is 1. The summed E-state index contributed by atoms with van der Waals surface area (Å²) in [4.78, 5) is 29.2. The van der Waals surface area contributed by atoms with Crippen LogP contribution < -0.4 is 10.1 Å². The van der Waals surface area contributed by atoms with E-state index in [1.165, 1.54) is 12.7 Å². The molecule has 1 saturated heterocycles. The van der Waals surface area contributed by atoms with Gasteiger partial charge in [0.05, 0.1) is 20.8 Å². The van der Waals surface area contributed by atoms with Crippen molar-refractivity contribution < 1.29 is 19.1 Å². The average Bonchev–Trinajstić information content (AvgIpc) is 2.80. The fraction of sp³-hybridized carbons (Fsp3) is 0.417. The summed E-state index contributed by atoms with van der Waals surface area (Å²) < 4.78 is 10.1. The number of rotatable bonds is 9. The third kappa shape index (κ3) is 7.08. The van der Waals surface area contributed by atoms with E-state index in [0.717, 1.165) is 44.0 Å². The predicted molar refractivity (Wildman–Crippen MR) is 119 cm³/mol. The molecule has 7 nitrogen and oxygen atoms in total. The molecule has 1 amide bonds. The van der Waals surface area contributed by atoms with Gasteiger partial charge in [-0.1, -0.05) is 42.5 Å². The number of amides is 1. The van der Waals surface area contributed by atoms with Crippen LogP contribution in [0.5, 0.6) is 5.75 Å². The van der Waals surface area contributed by atoms with Crippen LogP contribution in [0.4, 0.5) is 0 Å². The zero-order valence-electron chi connectivity index (χ0n) is 18.3. The molecule has 1 aliphatic rings. The fourth-order valence-electron chi connectivity index (χ4n) is 3.72. The first-order valence-corrected chi connectivity index (χ1v) is 10.6. The minimum atomic E-state index is -0.684. The van der Waals surface area contributed by atoms with Crippen molar-refractivity contribution in [1.82, 2.24) is 15.1 Å². The van der Waals surface area contributed by atoms with Gasteiger partial charge in [-0.3, -0.25) is 14.6 Å². The Hall–Kier alpha value is -2.90. The van der Waals surface area contributed by atoms with E-state index in [2.05, 4.69) is 27.2 Å². The molecule has 0 unspecified atom stereocenters. The van der Waals surface area contributed by atoms with Gasteiger partial charge in [0, 0.05) is 39.1 Å². The van der Waals surface area contributed by atoms with Crippen molar-refractivity contribution in [3.05, 3.63) is 65.7 Å². The molecule has 0 aliphatic carbocycles. The van der Waals surface area contributed by atoms with E-state index in [1.807, 2.05) is 42.5 Å². The first-order valence-electron chi connectivity index (χ1n) is 10.6. The zero-order chi connectivity index (χ0) is 22.1. The molecule has 1 heterocycles. The summed E-state index contributed by atoms with van der Waals surface area (Å²) in [5, 5.41) is 2.84. The second-order valence-electron chi connectivity index (χ2n) is 7.73. The van der Waals surface area contributed by atoms with Crippen molar-refractivity contribution in [1.29, 1.82) is 0 Å². The van der Waals surface area contributed by atoms with Crippen LogP contribution in [0.1, 0.15) is 11.1 Å². The minimum Gasteiger partial charge on any atom is -0.497 e. The van der Waals surface area contributed by atoms with Crippen LogP contribution in [0.2, 0.25) is 0 Å². The number of methoxy groups -OCH3 is 2. The highest BCUT2D eigenvalue weighted by molar-refractivity contribution is 5.85. The smallest absolute Gasteiger partial charge is 0.328 e. The summed E-state index contributed by atoms with van der Waals surface area (Å²) >= 11 is 0. The van der Waals surface area contributed by atoms with Gasteiger partial charge in [-0.15, -0.1) is 0 Å². The lowest BCUT2D eigenvalue weighted by molar-refractivity contribution is -0.145. The Bertz CT molecular complexity index is 834. The van der Waals surface area contributed by atoms with Gasteiger partial charge >= 0.3 is 5.97 Å². The van der Waals surface area contributed by atoms with Crippen molar-refractivity contribution in [2.45, 2.75) is 19.0 Å². The van der Waals surface area contributed by atoms with Crippen LogP contribution in [-0.2, 0) is 27.3 Å². The third-order valence-electron chi connectivity index (χ3n) is 5.50. The van der Waals surface area contributed by atoms with E-state index in [0.29, 0.717) is 6.42 Å². The highest BCUT2D eigenvalue weighted by Gasteiger charge is 2.24. The molecule has 0 bridgehead atoms. The SMILES string of the molecule is COC(=O)[C@H](Cc1ccccc1)NC(=O)CN1CCN(Cc2ccc(OC)cc2)CC1. The average molecular weight is 426 g/mol. The number of ether oxygens (including phenoxy) is 2. The van der Waals surface area contributed by atoms with E-state index < -0.39 is 12.0 Å². The van der Waals surface area contributed by atoms with Gasteiger partial charge in [0.15, 0.2) is 0 Å². The molecule has 0 spiro atoms. The van der Waals surface area contributed by atoms with Crippen LogP contribution in [0.15, 0.2) is 54.6 Å². The number of benzene rings is 2. The second kappa shape index (κ2) is 11.5. The Morgan fingerprint density at radius 1 is 0.903 bits per heavy atom. The van der Waals surface area contributed by atoms with E-state index in [4.69, 9.17) is 9.47 Å². The summed E-state index contributed by atoms with van der Waals surface area (Å²) in [6, 6.07) is 17.0. The first-order chi connectivity index (χ1) is 15.1. The molecule has 2 aromatic carbocycles. The Kier molecular flexibility index (Phi) is 8.44. The monoisotopic (exact) mass is 425 g/mol. The van der Waals surface area contributed by atoms with E-state index in [1.54, 1.807) is 7.11 Å². The van der Waals surface area contributed by atoms with Crippen molar-refractivity contribution in [2.24, 2.45) is 0 Å². The Labute approximate surface area is 183 Å². The number of carbonyl (C=O) groups excluding carboxylic acids is 2. The standard InChI is InChI=1S/C24H31N3O4/c1-30-21-10-8-20(9-11-21)17-26-12-14-27(15-13-26)18-23(28)25-22(24(29)31-2)16-19-6-4-3-5-7-19/h3-11,22H,12-18H2,1-2H3,(H,25,28)/t22-/m0/s1. The van der Waals surface area contributed by atoms with Crippen LogP contribution in [-0.4, -0.2) is 74.7 Å². The minimum absolute atomic E-state index is 0.157. The van der Waals surface area contributed by atoms with Gasteiger partial charge in [0.2, 0.25) is 5.91 Å². The van der Waals surface area contributed by atoms with Gasteiger partial charge in [0.25, 0.3) is 0 Å². The number of hydrogen-bond donors (Lipinski definition) is 1. The number of esters is 1. The molecule has 7 heteroatoms.